The van der Waals surface area contributed by atoms with E-state index in [9.17, 15) is 5.21 Å². The summed E-state index contributed by atoms with van der Waals surface area (Å²) in [6.07, 6.45) is 2.59. The van der Waals surface area contributed by atoms with Gasteiger partial charge in [0.25, 0.3) is 0 Å². The van der Waals surface area contributed by atoms with Gasteiger partial charge in [-0.3, -0.25) is 5.21 Å². The summed E-state index contributed by atoms with van der Waals surface area (Å²) in [6.45, 7) is 2.06. The number of hydrogen-bond acceptors (Lipinski definition) is 4. The van der Waals surface area contributed by atoms with Crippen molar-refractivity contribution in [2.45, 2.75) is 32.2 Å². The second-order valence-corrected chi connectivity index (χ2v) is 3.83. The molecule has 4 nitrogen and oxygen atoms in total. The van der Waals surface area contributed by atoms with Gasteiger partial charge in [-0.1, -0.05) is 19.8 Å². The van der Waals surface area contributed by atoms with Crippen molar-refractivity contribution in [2.75, 3.05) is 12.2 Å². The summed E-state index contributed by atoms with van der Waals surface area (Å²) in [6, 6.07) is 8.59. The Balaban J connectivity index is 2.72. The molecule has 4 heteroatoms. The Labute approximate surface area is 102 Å². The molecule has 0 amide bonds. The lowest BCUT2D eigenvalue weighted by atomic mass is 10.1. The molecule has 0 aliphatic carbocycles. The van der Waals surface area contributed by atoms with Gasteiger partial charge in [0, 0.05) is 0 Å². The minimum atomic E-state index is -0.497. The number of nitrogens with zero attached hydrogens (tertiary/aromatic N) is 2. The second kappa shape index (κ2) is 6.77. The Bertz CT molecular complexity index is 370. The lowest BCUT2D eigenvalue weighted by Gasteiger charge is -2.22. The van der Waals surface area contributed by atoms with Crippen LogP contribution in [-0.2, 0) is 0 Å². The Kier molecular flexibility index (Phi) is 5.31. The van der Waals surface area contributed by atoms with E-state index in [1.165, 1.54) is 0 Å². The van der Waals surface area contributed by atoms with Crippen LogP contribution in [0.25, 0.3) is 0 Å². The van der Waals surface area contributed by atoms with Gasteiger partial charge in [-0.15, -0.1) is 0 Å². The summed E-state index contributed by atoms with van der Waals surface area (Å²) in [5, 5.41) is 20.0. The molecule has 0 saturated carbocycles. The monoisotopic (exact) mass is 234 g/mol. The topological polar surface area (TPSA) is 56.5 Å². The SMILES string of the molecule is CCCCC(C#N)N(O)c1ccc(OC)cc1. The molecule has 1 N–H and O–H groups in total. The van der Waals surface area contributed by atoms with Gasteiger partial charge >= 0.3 is 0 Å². The summed E-state index contributed by atoms with van der Waals surface area (Å²) in [5.41, 5.74) is 0.605. The Morgan fingerprint density at radius 1 is 1.41 bits per heavy atom. The number of methoxy groups -OCH3 is 1. The van der Waals surface area contributed by atoms with Crippen molar-refractivity contribution in [1.29, 1.82) is 5.26 Å². The van der Waals surface area contributed by atoms with Gasteiger partial charge < -0.3 is 4.74 Å². The van der Waals surface area contributed by atoms with Crippen LogP contribution in [0.5, 0.6) is 5.75 Å². The van der Waals surface area contributed by atoms with E-state index >= 15 is 0 Å². The molecule has 92 valence electrons. The van der Waals surface area contributed by atoms with E-state index < -0.39 is 6.04 Å². The lowest BCUT2D eigenvalue weighted by molar-refractivity contribution is 0.229. The van der Waals surface area contributed by atoms with Crippen LogP contribution in [0.15, 0.2) is 24.3 Å². The number of rotatable bonds is 6. The van der Waals surface area contributed by atoms with Crippen LogP contribution in [0.3, 0.4) is 0 Å². The van der Waals surface area contributed by atoms with E-state index in [1.54, 1.807) is 31.4 Å². The molecule has 17 heavy (non-hydrogen) atoms. The molecule has 0 bridgehead atoms. The molecule has 0 heterocycles. The van der Waals surface area contributed by atoms with Crippen molar-refractivity contribution < 1.29 is 9.94 Å². The molecule has 0 saturated heterocycles. The third-order valence-electron chi connectivity index (χ3n) is 2.61. The third-order valence-corrected chi connectivity index (χ3v) is 2.61. The number of benzene rings is 1. The number of nitriles is 1. The molecule has 0 aromatic heterocycles. The number of ether oxygens (including phenoxy) is 1. The zero-order valence-electron chi connectivity index (χ0n) is 10.3. The van der Waals surface area contributed by atoms with E-state index in [-0.39, 0.29) is 0 Å². The van der Waals surface area contributed by atoms with Crippen LogP contribution in [0, 0.1) is 11.3 Å². The van der Waals surface area contributed by atoms with E-state index in [1.807, 2.05) is 0 Å². The summed E-state index contributed by atoms with van der Waals surface area (Å²) in [7, 11) is 1.59. The third kappa shape index (κ3) is 3.65. The summed E-state index contributed by atoms with van der Waals surface area (Å²) >= 11 is 0. The van der Waals surface area contributed by atoms with Gasteiger partial charge in [-0.25, -0.2) is 5.06 Å². The Morgan fingerprint density at radius 3 is 2.53 bits per heavy atom. The van der Waals surface area contributed by atoms with Crippen molar-refractivity contribution >= 4 is 5.69 Å². The molecule has 1 aromatic rings. The maximum atomic E-state index is 9.94. The highest BCUT2D eigenvalue weighted by atomic mass is 16.5. The molecule has 1 atom stereocenters. The van der Waals surface area contributed by atoms with E-state index in [4.69, 9.17) is 10.00 Å². The maximum Gasteiger partial charge on any atom is 0.142 e. The minimum absolute atomic E-state index is 0.497. The fourth-order valence-corrected chi connectivity index (χ4v) is 1.55. The summed E-state index contributed by atoms with van der Waals surface area (Å²) < 4.78 is 5.04. The molecule has 1 rings (SSSR count). The Hall–Kier alpha value is -1.73. The Morgan fingerprint density at radius 2 is 2.06 bits per heavy atom. The highest BCUT2D eigenvalue weighted by Gasteiger charge is 2.15. The highest BCUT2D eigenvalue weighted by Crippen LogP contribution is 2.21. The zero-order valence-corrected chi connectivity index (χ0v) is 10.3. The zero-order chi connectivity index (χ0) is 12.7. The number of unbranched alkanes of at least 4 members (excludes halogenated alkanes) is 1. The molecular weight excluding hydrogens is 216 g/mol. The minimum Gasteiger partial charge on any atom is -0.497 e. The molecular formula is C13H18N2O2. The van der Waals surface area contributed by atoms with E-state index in [0.29, 0.717) is 12.1 Å². The van der Waals surface area contributed by atoms with Gasteiger partial charge in [-0.05, 0) is 30.7 Å². The van der Waals surface area contributed by atoms with Gasteiger partial charge in [0.2, 0.25) is 0 Å². The highest BCUT2D eigenvalue weighted by molar-refractivity contribution is 5.48. The second-order valence-electron chi connectivity index (χ2n) is 3.83. The van der Waals surface area contributed by atoms with Crippen LogP contribution in [0.2, 0.25) is 0 Å². The molecule has 0 fully saturated rings. The van der Waals surface area contributed by atoms with E-state index in [2.05, 4.69) is 13.0 Å². The standard InChI is InChI=1S/C13H18N2O2/c1-3-4-5-12(10-14)15(16)11-6-8-13(17-2)9-7-11/h6-9,12,16H,3-5H2,1-2H3. The smallest absolute Gasteiger partial charge is 0.142 e. The van der Waals surface area contributed by atoms with Gasteiger partial charge in [0.1, 0.15) is 11.8 Å². The van der Waals surface area contributed by atoms with Crippen molar-refractivity contribution in [1.82, 2.24) is 0 Å². The number of hydroxylamine groups is 1. The van der Waals surface area contributed by atoms with Crippen LogP contribution in [-0.4, -0.2) is 18.4 Å². The fraction of sp³-hybridized carbons (Fsp3) is 0.462. The van der Waals surface area contributed by atoms with Crippen LogP contribution < -0.4 is 9.80 Å². The van der Waals surface area contributed by atoms with Crippen LogP contribution >= 0.6 is 0 Å². The normalized spacial score (nSPS) is 11.6. The largest absolute Gasteiger partial charge is 0.497 e. The average Bonchev–Trinajstić information content (AvgIpc) is 2.39. The lowest BCUT2D eigenvalue weighted by Crippen LogP contribution is -2.30. The number of hydrogen-bond donors (Lipinski definition) is 1. The van der Waals surface area contributed by atoms with Gasteiger partial charge in [-0.2, -0.15) is 5.26 Å². The van der Waals surface area contributed by atoms with Crippen molar-refractivity contribution in [3.8, 4) is 11.8 Å². The predicted molar refractivity (Wildman–Crippen MR) is 66.2 cm³/mol. The van der Waals surface area contributed by atoms with E-state index in [0.717, 1.165) is 23.7 Å². The van der Waals surface area contributed by atoms with Crippen molar-refractivity contribution in [3.05, 3.63) is 24.3 Å². The molecule has 0 aliphatic rings. The number of anilines is 1. The predicted octanol–water partition coefficient (Wildman–Crippen LogP) is 2.97. The van der Waals surface area contributed by atoms with Gasteiger partial charge in [0.15, 0.2) is 0 Å². The molecule has 0 aliphatic heterocycles. The van der Waals surface area contributed by atoms with Gasteiger partial charge in [0.05, 0.1) is 18.9 Å². The van der Waals surface area contributed by atoms with Crippen molar-refractivity contribution in [3.63, 3.8) is 0 Å². The average molecular weight is 234 g/mol. The first-order valence-corrected chi connectivity index (χ1v) is 5.74. The molecule has 0 spiro atoms. The molecule has 1 aromatic carbocycles. The first kappa shape index (κ1) is 13.3. The first-order valence-electron chi connectivity index (χ1n) is 5.74. The maximum absolute atomic E-state index is 9.94. The van der Waals surface area contributed by atoms with Crippen LogP contribution in [0.4, 0.5) is 5.69 Å². The fourth-order valence-electron chi connectivity index (χ4n) is 1.55. The summed E-state index contributed by atoms with van der Waals surface area (Å²) in [4.78, 5) is 0. The first-order chi connectivity index (χ1) is 8.22. The molecule has 0 radical (unpaired) electrons. The van der Waals surface area contributed by atoms with Crippen LogP contribution in [0.1, 0.15) is 26.2 Å². The molecule has 1 unspecified atom stereocenters. The summed E-state index contributed by atoms with van der Waals surface area (Å²) in [5.74, 6) is 0.726. The van der Waals surface area contributed by atoms with Crippen molar-refractivity contribution in [2.24, 2.45) is 0 Å². The quantitative estimate of drug-likeness (QED) is 0.769.